The third-order valence-corrected chi connectivity index (χ3v) is 7.64. The van der Waals surface area contributed by atoms with Crippen molar-refractivity contribution in [1.82, 2.24) is 9.74 Å². The van der Waals surface area contributed by atoms with Gasteiger partial charge in [0.05, 0.1) is 0 Å². The highest BCUT2D eigenvalue weighted by atomic mass is 35.5. The molecule has 4 bridgehead atoms. The lowest BCUT2D eigenvalue weighted by Gasteiger charge is -2.57. The number of carbonyl (C=O) groups is 1. The molecular weight excluding hydrogens is 384 g/mol. The second-order valence-electron chi connectivity index (χ2n) is 9.87. The van der Waals surface area contributed by atoms with Gasteiger partial charge in [0, 0.05) is 30.5 Å². The van der Waals surface area contributed by atoms with Crippen molar-refractivity contribution < 1.29 is 9.90 Å². The van der Waals surface area contributed by atoms with Crippen molar-refractivity contribution in [3.63, 3.8) is 0 Å². The molecule has 4 aliphatic rings. The summed E-state index contributed by atoms with van der Waals surface area (Å²) in [7, 11) is 0. The summed E-state index contributed by atoms with van der Waals surface area (Å²) in [4.78, 5) is 13.0. The van der Waals surface area contributed by atoms with E-state index >= 15 is 0 Å². The molecule has 0 radical (unpaired) electrons. The van der Waals surface area contributed by atoms with E-state index in [-0.39, 0.29) is 17.9 Å². The Hall–Kier alpha value is -1.10. The third-order valence-electron chi connectivity index (χ3n) is 7.36. The predicted molar refractivity (Wildman–Crippen MR) is 117 cm³/mol. The number of rotatable bonds is 10. The van der Waals surface area contributed by atoms with Gasteiger partial charge in [-0.05, 0) is 112 Å². The lowest BCUT2D eigenvalue weighted by Crippen LogP contribution is -2.50. The molecule has 4 fully saturated rings. The number of carbonyl (C=O) groups excluding carboxylic acids is 1. The van der Waals surface area contributed by atoms with E-state index in [4.69, 9.17) is 16.9 Å². The Morgan fingerprint density at radius 1 is 1.10 bits per heavy atom. The summed E-state index contributed by atoms with van der Waals surface area (Å²) in [6, 6.07) is 7.95. The van der Waals surface area contributed by atoms with Crippen molar-refractivity contribution in [3.05, 3.63) is 35.4 Å². The molecule has 5 heteroatoms. The fourth-order valence-electron chi connectivity index (χ4n) is 6.60. The van der Waals surface area contributed by atoms with E-state index in [0.29, 0.717) is 12.1 Å². The van der Waals surface area contributed by atoms with E-state index in [1.165, 1.54) is 48.5 Å². The number of amides is 1. The van der Waals surface area contributed by atoms with Crippen molar-refractivity contribution in [1.29, 1.82) is 0 Å². The first kappa shape index (κ1) is 21.1. The normalized spacial score (nSPS) is 29.9. The summed E-state index contributed by atoms with van der Waals surface area (Å²) in [6.07, 6.45) is 10.8. The van der Waals surface area contributed by atoms with Crippen molar-refractivity contribution in [2.24, 2.45) is 23.2 Å². The standard InChI is InChI=1S/C24H35ClN2O2/c25-27(17-24-14-19-10-20(15-24)12-21(11-19)16-24)23(29)22-6-1-4-18(13-22)5-2-7-26-8-3-9-28/h1,4,6,13,19-21,26,28H,2-3,5,7-12,14-17H2. The van der Waals surface area contributed by atoms with E-state index in [9.17, 15) is 4.79 Å². The minimum Gasteiger partial charge on any atom is -0.396 e. The zero-order chi connectivity index (χ0) is 20.3. The third kappa shape index (κ3) is 5.15. The predicted octanol–water partition coefficient (Wildman–Crippen LogP) is 4.40. The van der Waals surface area contributed by atoms with Gasteiger partial charge >= 0.3 is 0 Å². The van der Waals surface area contributed by atoms with Crippen LogP contribution >= 0.6 is 11.8 Å². The average Bonchev–Trinajstić information content (AvgIpc) is 2.69. The number of aliphatic hydroxyl groups is 1. The van der Waals surface area contributed by atoms with Crippen LogP contribution in [-0.4, -0.2) is 41.7 Å². The summed E-state index contributed by atoms with van der Waals surface area (Å²) < 4.78 is 1.49. The second kappa shape index (κ2) is 9.36. The van der Waals surface area contributed by atoms with Gasteiger partial charge in [-0.2, -0.15) is 0 Å². The molecule has 0 heterocycles. The zero-order valence-electron chi connectivity index (χ0n) is 17.4. The van der Waals surface area contributed by atoms with Crippen LogP contribution in [0.3, 0.4) is 0 Å². The maximum atomic E-state index is 13.0. The molecule has 0 spiro atoms. The van der Waals surface area contributed by atoms with Gasteiger partial charge in [0.2, 0.25) is 0 Å². The van der Waals surface area contributed by atoms with Crippen LogP contribution in [0.2, 0.25) is 0 Å². The number of benzene rings is 1. The summed E-state index contributed by atoms with van der Waals surface area (Å²) in [6.45, 7) is 2.71. The molecule has 2 N–H and O–H groups in total. The lowest BCUT2D eigenvalue weighted by atomic mass is 9.49. The minimum atomic E-state index is -0.0506. The topological polar surface area (TPSA) is 52.6 Å². The molecule has 4 nitrogen and oxygen atoms in total. The highest BCUT2D eigenvalue weighted by Crippen LogP contribution is 2.60. The van der Waals surface area contributed by atoms with Gasteiger partial charge in [0.25, 0.3) is 5.91 Å². The van der Waals surface area contributed by atoms with Crippen molar-refractivity contribution >= 4 is 17.7 Å². The van der Waals surface area contributed by atoms with Gasteiger partial charge in [0.15, 0.2) is 0 Å². The van der Waals surface area contributed by atoms with Crippen LogP contribution in [0.1, 0.15) is 67.3 Å². The molecule has 4 aliphatic carbocycles. The Morgan fingerprint density at radius 2 is 1.76 bits per heavy atom. The molecular formula is C24H35ClN2O2. The molecule has 0 saturated heterocycles. The lowest BCUT2D eigenvalue weighted by molar-refractivity contribution is -0.0579. The maximum absolute atomic E-state index is 13.0. The van der Waals surface area contributed by atoms with Gasteiger partial charge in [-0.25, -0.2) is 0 Å². The van der Waals surface area contributed by atoms with Crippen LogP contribution in [0, 0.1) is 23.2 Å². The fourth-order valence-corrected chi connectivity index (χ4v) is 6.95. The number of nitrogens with one attached hydrogen (secondary N) is 1. The Morgan fingerprint density at radius 3 is 2.41 bits per heavy atom. The number of hydrogen-bond acceptors (Lipinski definition) is 3. The second-order valence-corrected chi connectivity index (χ2v) is 10.3. The van der Waals surface area contributed by atoms with E-state index in [1.807, 2.05) is 18.2 Å². The van der Waals surface area contributed by atoms with Gasteiger partial charge in [-0.1, -0.05) is 12.1 Å². The Kier molecular flexibility index (Phi) is 6.83. The highest BCUT2D eigenvalue weighted by Gasteiger charge is 2.51. The van der Waals surface area contributed by atoms with Gasteiger partial charge < -0.3 is 10.4 Å². The monoisotopic (exact) mass is 418 g/mol. The highest BCUT2D eigenvalue weighted by molar-refractivity contribution is 6.24. The SMILES string of the molecule is O=C(c1cccc(CCCNCCCO)c1)N(Cl)CC12CC3CC(CC(C3)C1)C2. The van der Waals surface area contributed by atoms with Crippen LogP contribution in [0.15, 0.2) is 24.3 Å². The molecule has 5 rings (SSSR count). The molecule has 0 aromatic heterocycles. The average molecular weight is 419 g/mol. The van der Waals surface area contributed by atoms with Crippen molar-refractivity contribution in [2.45, 2.75) is 57.8 Å². The summed E-state index contributed by atoms with van der Waals surface area (Å²) >= 11 is 6.58. The minimum absolute atomic E-state index is 0.0506. The van der Waals surface area contributed by atoms with Crippen molar-refractivity contribution in [3.8, 4) is 0 Å². The fraction of sp³-hybridized carbons (Fsp3) is 0.708. The molecule has 0 aliphatic heterocycles. The van der Waals surface area contributed by atoms with Crippen LogP contribution in [0.25, 0.3) is 0 Å². The van der Waals surface area contributed by atoms with Crippen molar-refractivity contribution in [2.75, 3.05) is 26.2 Å². The summed E-state index contributed by atoms with van der Waals surface area (Å²) in [5.74, 6) is 2.56. The first-order chi connectivity index (χ1) is 14.1. The van der Waals surface area contributed by atoms with E-state index < -0.39 is 0 Å². The van der Waals surface area contributed by atoms with Gasteiger partial charge in [-0.3, -0.25) is 9.21 Å². The number of hydrogen-bond donors (Lipinski definition) is 2. The molecule has 0 unspecified atom stereocenters. The Labute approximate surface area is 180 Å². The molecule has 29 heavy (non-hydrogen) atoms. The first-order valence-electron chi connectivity index (χ1n) is 11.4. The van der Waals surface area contributed by atoms with Gasteiger partial charge in [-0.15, -0.1) is 0 Å². The summed E-state index contributed by atoms with van der Waals surface area (Å²) in [5, 5.41) is 12.1. The quantitative estimate of drug-likeness (QED) is 0.437. The number of halogens is 1. The zero-order valence-corrected chi connectivity index (χ0v) is 18.2. The Bertz CT molecular complexity index is 673. The first-order valence-corrected chi connectivity index (χ1v) is 11.8. The maximum Gasteiger partial charge on any atom is 0.268 e. The van der Waals surface area contributed by atoms with E-state index in [1.54, 1.807) is 0 Å². The van der Waals surface area contributed by atoms with Gasteiger partial charge in [0.1, 0.15) is 0 Å². The van der Waals surface area contributed by atoms with Crippen LogP contribution in [0.5, 0.6) is 0 Å². The van der Waals surface area contributed by atoms with Crippen LogP contribution in [0.4, 0.5) is 0 Å². The molecule has 0 atom stereocenters. The molecule has 4 saturated carbocycles. The number of aryl methyl sites for hydroxylation is 1. The number of aliphatic hydroxyl groups excluding tert-OH is 1. The molecule has 1 aromatic carbocycles. The smallest absolute Gasteiger partial charge is 0.268 e. The molecule has 1 amide bonds. The number of nitrogens with zero attached hydrogens (tertiary/aromatic N) is 1. The largest absolute Gasteiger partial charge is 0.396 e. The summed E-state index contributed by atoms with van der Waals surface area (Å²) in [5.41, 5.74) is 2.15. The molecule has 1 aromatic rings. The molecule has 160 valence electrons. The van der Waals surface area contributed by atoms with E-state index in [2.05, 4.69) is 11.4 Å². The van der Waals surface area contributed by atoms with Crippen LogP contribution in [-0.2, 0) is 6.42 Å². The Balaban J connectivity index is 1.31. The van der Waals surface area contributed by atoms with Crippen LogP contribution < -0.4 is 5.32 Å². The van der Waals surface area contributed by atoms with E-state index in [0.717, 1.165) is 50.1 Å².